The van der Waals surface area contributed by atoms with Crippen LogP contribution in [0.2, 0.25) is 0 Å². The second-order valence-corrected chi connectivity index (χ2v) is 3.70. The van der Waals surface area contributed by atoms with Crippen LogP contribution in [0.3, 0.4) is 0 Å². The third-order valence-corrected chi connectivity index (χ3v) is 3.02. The summed E-state index contributed by atoms with van der Waals surface area (Å²) in [4.78, 5) is 11.0. The number of alkyl carbamates (subject to hydrolysis) is 1. The second kappa shape index (κ2) is 2.96. The molecule has 0 aromatic carbocycles. The van der Waals surface area contributed by atoms with Gasteiger partial charge in [0.25, 0.3) is 0 Å². The van der Waals surface area contributed by atoms with E-state index in [1.165, 1.54) is 12.8 Å². The first-order valence-electron chi connectivity index (χ1n) is 4.78. The quantitative estimate of drug-likeness (QED) is 0.648. The van der Waals surface area contributed by atoms with Crippen LogP contribution in [0.25, 0.3) is 0 Å². The van der Waals surface area contributed by atoms with Crippen LogP contribution >= 0.6 is 0 Å². The molecule has 2 rings (SSSR count). The van der Waals surface area contributed by atoms with Gasteiger partial charge in [-0.2, -0.15) is 0 Å². The van der Waals surface area contributed by atoms with Crippen molar-refractivity contribution in [2.24, 2.45) is 5.92 Å². The van der Waals surface area contributed by atoms with Gasteiger partial charge in [-0.1, -0.05) is 6.92 Å². The minimum absolute atomic E-state index is 0.212. The molecule has 0 radical (unpaired) electrons. The molecular weight excluding hydrogens is 154 g/mol. The van der Waals surface area contributed by atoms with E-state index in [-0.39, 0.29) is 12.2 Å². The lowest BCUT2D eigenvalue weighted by Crippen LogP contribution is -2.50. The van der Waals surface area contributed by atoms with Crippen LogP contribution in [0.15, 0.2) is 0 Å². The number of amides is 1. The van der Waals surface area contributed by atoms with E-state index in [0.717, 1.165) is 12.8 Å². The Kier molecular flexibility index (Phi) is 1.95. The van der Waals surface area contributed by atoms with Crippen LogP contribution in [0.5, 0.6) is 0 Å². The second-order valence-electron chi connectivity index (χ2n) is 3.70. The Morgan fingerprint density at radius 2 is 2.42 bits per heavy atom. The van der Waals surface area contributed by atoms with Crippen molar-refractivity contribution in [1.82, 2.24) is 5.32 Å². The van der Waals surface area contributed by atoms with E-state index in [1.54, 1.807) is 0 Å². The van der Waals surface area contributed by atoms with Crippen LogP contribution in [0.1, 0.15) is 32.6 Å². The zero-order chi connectivity index (χ0) is 8.55. The Hall–Kier alpha value is -0.730. The first kappa shape index (κ1) is 7.90. The zero-order valence-electron chi connectivity index (χ0n) is 7.38. The minimum Gasteiger partial charge on any atom is -0.446 e. The van der Waals surface area contributed by atoms with Crippen molar-refractivity contribution < 1.29 is 9.53 Å². The number of carbonyl (C=O) groups is 1. The normalized spacial score (nSPS) is 40.1. The van der Waals surface area contributed by atoms with Gasteiger partial charge in [-0.15, -0.1) is 0 Å². The Balaban J connectivity index is 2.08. The average Bonchev–Trinajstić information content (AvgIpc) is 2.50. The van der Waals surface area contributed by atoms with Gasteiger partial charge >= 0.3 is 6.09 Å². The molecule has 1 aliphatic heterocycles. The molecule has 68 valence electrons. The molecule has 0 spiro atoms. The average molecular weight is 169 g/mol. The highest BCUT2D eigenvalue weighted by atomic mass is 16.6. The Labute approximate surface area is 72.5 Å². The van der Waals surface area contributed by atoms with Gasteiger partial charge in [0.05, 0.1) is 0 Å². The van der Waals surface area contributed by atoms with Crippen LogP contribution in [-0.2, 0) is 4.74 Å². The lowest BCUT2D eigenvalue weighted by atomic mass is 9.93. The van der Waals surface area contributed by atoms with Crippen molar-refractivity contribution in [2.75, 3.05) is 0 Å². The number of ether oxygens (including phenoxy) is 1. The highest BCUT2D eigenvalue weighted by Crippen LogP contribution is 2.34. The van der Waals surface area contributed by atoms with Crippen molar-refractivity contribution in [3.8, 4) is 0 Å². The predicted octanol–water partition coefficient (Wildman–Crippen LogP) is 1.67. The molecule has 0 aromatic heterocycles. The van der Waals surface area contributed by atoms with E-state index in [1.807, 2.05) is 0 Å². The van der Waals surface area contributed by atoms with Gasteiger partial charge in [0.2, 0.25) is 0 Å². The summed E-state index contributed by atoms with van der Waals surface area (Å²) in [5, 5.41) is 2.88. The summed E-state index contributed by atoms with van der Waals surface area (Å²) < 4.78 is 5.19. The van der Waals surface area contributed by atoms with E-state index in [2.05, 4.69) is 12.2 Å². The molecule has 0 bridgehead atoms. The van der Waals surface area contributed by atoms with Crippen molar-refractivity contribution in [3.05, 3.63) is 0 Å². The van der Waals surface area contributed by atoms with Crippen molar-refractivity contribution in [2.45, 2.75) is 44.8 Å². The maximum Gasteiger partial charge on any atom is 0.407 e. The van der Waals surface area contributed by atoms with Crippen LogP contribution in [-0.4, -0.2) is 18.2 Å². The largest absolute Gasteiger partial charge is 0.446 e. The molecule has 3 heteroatoms. The first-order chi connectivity index (χ1) is 5.81. The fraction of sp³-hybridized carbons (Fsp3) is 0.889. The number of fused-ring (bicyclic) bond motifs is 1. The highest BCUT2D eigenvalue weighted by Gasteiger charge is 2.40. The number of carbonyl (C=O) groups excluding carboxylic acids is 1. The fourth-order valence-corrected chi connectivity index (χ4v) is 2.40. The van der Waals surface area contributed by atoms with Gasteiger partial charge < -0.3 is 10.1 Å². The Morgan fingerprint density at radius 1 is 1.58 bits per heavy atom. The van der Waals surface area contributed by atoms with E-state index in [0.29, 0.717) is 12.0 Å². The highest BCUT2D eigenvalue weighted by molar-refractivity contribution is 5.68. The summed E-state index contributed by atoms with van der Waals surface area (Å²) in [7, 11) is 0. The lowest BCUT2D eigenvalue weighted by Gasteiger charge is -2.33. The number of nitrogens with one attached hydrogen (secondary N) is 1. The number of hydrogen-bond acceptors (Lipinski definition) is 2. The summed E-state index contributed by atoms with van der Waals surface area (Å²) in [6.07, 6.45) is 4.50. The smallest absolute Gasteiger partial charge is 0.407 e. The predicted molar refractivity (Wildman–Crippen MR) is 44.8 cm³/mol. The molecule has 0 aromatic rings. The standard InChI is InChI=1S/C9H15NO2/c1-2-7-6-4-3-5-8(6)12-9(11)10-7/h6-8H,2-5H2,1H3,(H,10,11). The van der Waals surface area contributed by atoms with Crippen LogP contribution < -0.4 is 5.32 Å². The lowest BCUT2D eigenvalue weighted by molar-refractivity contribution is 0.0313. The molecule has 3 nitrogen and oxygen atoms in total. The number of rotatable bonds is 1. The SMILES string of the molecule is CCC1NC(=O)OC2CCCC12. The molecule has 1 aliphatic carbocycles. The van der Waals surface area contributed by atoms with Crippen molar-refractivity contribution >= 4 is 6.09 Å². The monoisotopic (exact) mass is 169 g/mol. The molecule has 2 fully saturated rings. The fourth-order valence-electron chi connectivity index (χ4n) is 2.40. The molecule has 1 amide bonds. The number of hydrogen-bond donors (Lipinski definition) is 1. The third kappa shape index (κ3) is 1.17. The Bertz CT molecular complexity index is 193. The van der Waals surface area contributed by atoms with E-state index in [9.17, 15) is 4.79 Å². The molecule has 1 N–H and O–H groups in total. The maximum absolute atomic E-state index is 11.0. The van der Waals surface area contributed by atoms with Crippen molar-refractivity contribution in [1.29, 1.82) is 0 Å². The van der Waals surface area contributed by atoms with Crippen molar-refractivity contribution in [3.63, 3.8) is 0 Å². The van der Waals surface area contributed by atoms with E-state index in [4.69, 9.17) is 4.74 Å². The summed E-state index contributed by atoms with van der Waals surface area (Å²) in [6.45, 7) is 2.12. The summed E-state index contributed by atoms with van der Waals surface area (Å²) >= 11 is 0. The van der Waals surface area contributed by atoms with Crippen LogP contribution in [0.4, 0.5) is 4.79 Å². The molecule has 12 heavy (non-hydrogen) atoms. The molecule has 1 heterocycles. The summed E-state index contributed by atoms with van der Waals surface area (Å²) in [5.41, 5.74) is 0. The summed E-state index contributed by atoms with van der Waals surface area (Å²) in [6, 6.07) is 0.360. The maximum atomic E-state index is 11.0. The summed E-state index contributed by atoms with van der Waals surface area (Å²) in [5.74, 6) is 0.577. The molecular formula is C9H15NO2. The topological polar surface area (TPSA) is 38.3 Å². The van der Waals surface area contributed by atoms with Gasteiger partial charge in [0, 0.05) is 12.0 Å². The van der Waals surface area contributed by atoms with Gasteiger partial charge in [-0.25, -0.2) is 4.79 Å². The molecule has 2 aliphatic rings. The third-order valence-electron chi connectivity index (χ3n) is 3.02. The molecule has 1 saturated carbocycles. The first-order valence-corrected chi connectivity index (χ1v) is 4.78. The Morgan fingerprint density at radius 3 is 3.17 bits per heavy atom. The molecule has 3 unspecified atom stereocenters. The van der Waals surface area contributed by atoms with Gasteiger partial charge in [-0.05, 0) is 25.7 Å². The van der Waals surface area contributed by atoms with E-state index >= 15 is 0 Å². The van der Waals surface area contributed by atoms with E-state index < -0.39 is 0 Å². The zero-order valence-corrected chi connectivity index (χ0v) is 7.38. The van der Waals surface area contributed by atoms with Gasteiger partial charge in [0.1, 0.15) is 6.10 Å². The van der Waals surface area contributed by atoms with Gasteiger partial charge in [0.15, 0.2) is 0 Å². The molecule has 3 atom stereocenters. The van der Waals surface area contributed by atoms with Gasteiger partial charge in [-0.3, -0.25) is 0 Å². The van der Waals surface area contributed by atoms with Crippen LogP contribution in [0, 0.1) is 5.92 Å². The molecule has 1 saturated heterocycles. The minimum atomic E-state index is -0.218.